The lowest BCUT2D eigenvalue weighted by Crippen LogP contribution is -1.98. The molecule has 0 fully saturated rings. The number of benzene rings is 2. The lowest BCUT2D eigenvalue weighted by molar-refractivity contribution is -0.107. The van der Waals surface area contributed by atoms with Crippen LogP contribution in [0.4, 0.5) is 0 Å². The standard InChI is InChI=1S/C16H10Cl3IO2/c17-12-4-3-11(13(18)8-12)9-22-15-5-1-10(7-14(15)20)2-6-16(19)21/h1-8H,9H2/b6-2+. The minimum absolute atomic E-state index is 0.349. The maximum absolute atomic E-state index is 10.7. The van der Waals surface area contributed by atoms with E-state index in [0.29, 0.717) is 16.7 Å². The molecule has 0 bridgehead atoms. The molecule has 0 aliphatic heterocycles. The molecule has 2 nitrogen and oxygen atoms in total. The molecule has 6 heteroatoms. The minimum Gasteiger partial charge on any atom is -0.488 e. The molecular weight excluding hydrogens is 457 g/mol. The van der Waals surface area contributed by atoms with E-state index in [4.69, 9.17) is 39.5 Å². The summed E-state index contributed by atoms with van der Waals surface area (Å²) in [5, 5.41) is 0.656. The fourth-order valence-corrected chi connectivity index (χ4v) is 2.91. The molecule has 0 spiro atoms. The molecule has 0 aliphatic rings. The molecule has 0 aliphatic carbocycles. The molecule has 0 aromatic heterocycles. The van der Waals surface area contributed by atoms with Gasteiger partial charge in [-0.1, -0.05) is 41.4 Å². The van der Waals surface area contributed by atoms with Crippen LogP contribution in [-0.4, -0.2) is 5.24 Å². The van der Waals surface area contributed by atoms with E-state index in [-0.39, 0.29) is 0 Å². The molecular formula is C16H10Cl3IO2. The Labute approximate surface area is 157 Å². The Hall–Kier alpha value is -0.750. The Morgan fingerprint density at radius 2 is 1.95 bits per heavy atom. The Kier molecular flexibility index (Phi) is 6.56. The summed E-state index contributed by atoms with van der Waals surface area (Å²) >= 11 is 19.4. The molecule has 0 N–H and O–H groups in total. The summed E-state index contributed by atoms with van der Waals surface area (Å²) in [5.74, 6) is 0.737. The predicted molar refractivity (Wildman–Crippen MR) is 99.8 cm³/mol. The third-order valence-electron chi connectivity index (χ3n) is 2.76. The summed E-state index contributed by atoms with van der Waals surface area (Å²) in [4.78, 5) is 10.7. The normalized spacial score (nSPS) is 10.9. The van der Waals surface area contributed by atoms with E-state index in [1.165, 1.54) is 6.08 Å². The first-order valence-electron chi connectivity index (χ1n) is 6.19. The number of rotatable bonds is 5. The molecule has 2 aromatic carbocycles. The van der Waals surface area contributed by atoms with Crippen LogP contribution in [0.25, 0.3) is 6.08 Å². The molecule has 0 saturated carbocycles. The van der Waals surface area contributed by atoms with Crippen LogP contribution >= 0.6 is 57.4 Å². The average molecular weight is 468 g/mol. The van der Waals surface area contributed by atoms with Gasteiger partial charge in [-0.25, -0.2) is 0 Å². The third kappa shape index (κ3) is 5.16. The maximum Gasteiger partial charge on any atom is 0.245 e. The van der Waals surface area contributed by atoms with E-state index in [9.17, 15) is 4.79 Å². The van der Waals surface area contributed by atoms with Gasteiger partial charge in [-0.2, -0.15) is 0 Å². The van der Waals surface area contributed by atoms with Crippen molar-refractivity contribution in [1.82, 2.24) is 0 Å². The summed E-state index contributed by atoms with van der Waals surface area (Å²) in [6.45, 7) is 0.349. The lowest BCUT2D eigenvalue weighted by atomic mass is 10.2. The van der Waals surface area contributed by atoms with Crippen LogP contribution in [0.3, 0.4) is 0 Å². The van der Waals surface area contributed by atoms with E-state index in [1.54, 1.807) is 18.2 Å². The molecule has 0 radical (unpaired) electrons. The quantitative estimate of drug-likeness (QED) is 0.308. The molecule has 114 valence electrons. The highest BCUT2D eigenvalue weighted by Crippen LogP contribution is 2.26. The highest BCUT2D eigenvalue weighted by Gasteiger charge is 2.05. The van der Waals surface area contributed by atoms with Gasteiger partial charge < -0.3 is 4.74 Å². The van der Waals surface area contributed by atoms with Crippen LogP contribution in [0.5, 0.6) is 5.75 Å². The van der Waals surface area contributed by atoms with Crippen molar-refractivity contribution in [1.29, 1.82) is 0 Å². The molecule has 0 saturated heterocycles. The highest BCUT2D eigenvalue weighted by atomic mass is 127. The van der Waals surface area contributed by atoms with Gasteiger partial charge in [0.25, 0.3) is 0 Å². The Bertz CT molecular complexity index is 729. The van der Waals surface area contributed by atoms with E-state index in [0.717, 1.165) is 20.4 Å². The Morgan fingerprint density at radius 3 is 2.59 bits per heavy atom. The zero-order valence-corrected chi connectivity index (χ0v) is 15.6. The topological polar surface area (TPSA) is 26.3 Å². The summed E-state index contributed by atoms with van der Waals surface area (Å²) in [6.07, 6.45) is 2.96. The summed E-state index contributed by atoms with van der Waals surface area (Å²) in [6, 6.07) is 10.9. The number of hydrogen-bond acceptors (Lipinski definition) is 2. The third-order valence-corrected chi connectivity index (χ3v) is 4.32. The van der Waals surface area contributed by atoms with Crippen LogP contribution < -0.4 is 4.74 Å². The van der Waals surface area contributed by atoms with Gasteiger partial charge in [0, 0.05) is 15.6 Å². The van der Waals surface area contributed by atoms with Crippen molar-refractivity contribution in [2.75, 3.05) is 0 Å². The molecule has 0 atom stereocenters. The number of carbonyl (C=O) groups is 1. The largest absolute Gasteiger partial charge is 0.488 e. The van der Waals surface area contributed by atoms with Gasteiger partial charge in [-0.05, 0) is 70.1 Å². The second kappa shape index (κ2) is 8.20. The van der Waals surface area contributed by atoms with Gasteiger partial charge in [-0.3, -0.25) is 4.79 Å². The Balaban J connectivity index is 2.08. The van der Waals surface area contributed by atoms with Gasteiger partial charge in [-0.15, -0.1) is 0 Å². The van der Waals surface area contributed by atoms with Gasteiger partial charge in [0.05, 0.1) is 3.57 Å². The summed E-state index contributed by atoms with van der Waals surface area (Å²) in [5.41, 5.74) is 1.73. The van der Waals surface area contributed by atoms with Gasteiger partial charge in [0.2, 0.25) is 5.24 Å². The van der Waals surface area contributed by atoms with Crippen LogP contribution in [-0.2, 0) is 11.4 Å². The van der Waals surface area contributed by atoms with Crippen molar-refractivity contribution >= 4 is 68.7 Å². The van der Waals surface area contributed by atoms with Crippen molar-refractivity contribution in [3.63, 3.8) is 0 Å². The monoisotopic (exact) mass is 466 g/mol. The van der Waals surface area contributed by atoms with E-state index in [2.05, 4.69) is 22.6 Å². The SMILES string of the molecule is O=C(Cl)/C=C/c1ccc(OCc2ccc(Cl)cc2Cl)c(I)c1. The maximum atomic E-state index is 10.7. The number of carbonyl (C=O) groups excluding carboxylic acids is 1. The van der Waals surface area contributed by atoms with Crippen LogP contribution in [0.15, 0.2) is 42.5 Å². The fourth-order valence-electron chi connectivity index (χ4n) is 1.69. The number of halogens is 4. The molecule has 2 rings (SSSR count). The number of ether oxygens (including phenoxy) is 1. The second-order valence-electron chi connectivity index (χ2n) is 4.35. The summed E-state index contributed by atoms with van der Waals surface area (Å²) in [7, 11) is 0. The lowest BCUT2D eigenvalue weighted by Gasteiger charge is -2.10. The van der Waals surface area contributed by atoms with Gasteiger partial charge in [0.15, 0.2) is 0 Å². The Morgan fingerprint density at radius 1 is 1.18 bits per heavy atom. The second-order valence-corrected chi connectivity index (χ2v) is 6.73. The van der Waals surface area contributed by atoms with Crippen LogP contribution in [0, 0.1) is 3.57 Å². The van der Waals surface area contributed by atoms with Gasteiger partial charge >= 0.3 is 0 Å². The molecule has 0 heterocycles. The van der Waals surface area contributed by atoms with Crippen molar-refractivity contribution in [3.8, 4) is 5.75 Å². The van der Waals surface area contributed by atoms with E-state index in [1.807, 2.05) is 24.3 Å². The zero-order chi connectivity index (χ0) is 16.1. The predicted octanol–water partition coefficient (Wildman–Crippen LogP) is 5.96. The van der Waals surface area contributed by atoms with E-state index >= 15 is 0 Å². The molecule has 0 unspecified atom stereocenters. The highest BCUT2D eigenvalue weighted by molar-refractivity contribution is 14.1. The van der Waals surface area contributed by atoms with Crippen molar-refractivity contribution in [3.05, 3.63) is 67.2 Å². The number of hydrogen-bond donors (Lipinski definition) is 0. The van der Waals surface area contributed by atoms with Crippen molar-refractivity contribution in [2.24, 2.45) is 0 Å². The first-order chi connectivity index (χ1) is 10.5. The molecule has 22 heavy (non-hydrogen) atoms. The first kappa shape index (κ1) is 17.6. The first-order valence-corrected chi connectivity index (χ1v) is 8.41. The average Bonchev–Trinajstić information content (AvgIpc) is 2.45. The van der Waals surface area contributed by atoms with Crippen LogP contribution in [0.2, 0.25) is 10.0 Å². The van der Waals surface area contributed by atoms with Gasteiger partial charge in [0.1, 0.15) is 12.4 Å². The summed E-state index contributed by atoms with van der Waals surface area (Å²) < 4.78 is 6.70. The van der Waals surface area contributed by atoms with Crippen molar-refractivity contribution < 1.29 is 9.53 Å². The molecule has 0 amide bonds. The molecule has 2 aromatic rings. The van der Waals surface area contributed by atoms with E-state index < -0.39 is 5.24 Å². The minimum atomic E-state index is -0.507. The number of allylic oxidation sites excluding steroid dienone is 1. The zero-order valence-electron chi connectivity index (χ0n) is 11.2. The smallest absolute Gasteiger partial charge is 0.245 e. The van der Waals surface area contributed by atoms with Crippen LogP contribution in [0.1, 0.15) is 11.1 Å². The fraction of sp³-hybridized carbons (Fsp3) is 0.0625. The van der Waals surface area contributed by atoms with Crippen molar-refractivity contribution in [2.45, 2.75) is 6.61 Å².